The quantitative estimate of drug-likeness (QED) is 0.130. The number of aliphatic imine (C=N–C) groups is 2. The van der Waals surface area contributed by atoms with Crippen LogP contribution in [0.25, 0.3) is 50.3 Å². The molecule has 0 amide bonds. The van der Waals surface area contributed by atoms with Gasteiger partial charge in [-0.05, 0) is 109 Å². The van der Waals surface area contributed by atoms with E-state index < -0.39 is 5.41 Å². The minimum Gasteiger partial charge on any atom is -0.245 e. The van der Waals surface area contributed by atoms with E-state index in [4.69, 9.17) is 15.0 Å². The normalized spacial score (nSPS) is 14.2. The molecule has 0 saturated heterocycles. The van der Waals surface area contributed by atoms with Gasteiger partial charge in [0, 0.05) is 35.3 Å². The van der Waals surface area contributed by atoms with Gasteiger partial charge in [0.1, 0.15) is 0 Å². The number of nitrogens with zero attached hydrogens (tertiary/aromatic N) is 4. The predicted molar refractivity (Wildman–Crippen MR) is 243 cm³/mol. The van der Waals surface area contributed by atoms with Crippen molar-refractivity contribution in [2.75, 3.05) is 0 Å². The molecular weight excluding hydrogens is 705 g/mol. The van der Waals surface area contributed by atoms with Gasteiger partial charge in [0.05, 0.1) is 5.41 Å². The first kappa shape index (κ1) is 37.1. The van der Waals surface area contributed by atoms with Crippen molar-refractivity contribution in [3.8, 4) is 44.8 Å². The van der Waals surface area contributed by atoms with Crippen molar-refractivity contribution < 1.29 is 0 Å². The van der Waals surface area contributed by atoms with E-state index in [9.17, 15) is 0 Å². The van der Waals surface area contributed by atoms with E-state index >= 15 is 0 Å². The Morgan fingerprint density at radius 2 is 1.02 bits per heavy atom. The molecule has 0 fully saturated rings. The van der Waals surface area contributed by atoms with Crippen LogP contribution in [0.15, 0.2) is 162 Å². The molecule has 0 bridgehead atoms. The number of fused-ring (bicyclic) bond motifs is 10. The number of allylic oxidation sites excluding steroid dienone is 1. The van der Waals surface area contributed by atoms with Crippen LogP contribution in [0.1, 0.15) is 93.0 Å². The predicted octanol–water partition coefficient (Wildman–Crippen LogP) is 13.3. The van der Waals surface area contributed by atoms with Crippen molar-refractivity contribution >= 4 is 18.1 Å². The number of rotatable bonds is 5. The molecule has 1 heterocycles. The summed E-state index contributed by atoms with van der Waals surface area (Å²) < 4.78 is 0. The molecule has 7 aromatic rings. The van der Waals surface area contributed by atoms with Crippen LogP contribution in [0.2, 0.25) is 0 Å². The second-order valence-electron chi connectivity index (χ2n) is 17.7. The van der Waals surface area contributed by atoms with Crippen LogP contribution >= 0.6 is 0 Å². The fourth-order valence-corrected chi connectivity index (χ4v) is 8.87. The van der Waals surface area contributed by atoms with Crippen LogP contribution in [0.3, 0.4) is 0 Å². The zero-order chi connectivity index (χ0) is 40.4. The lowest BCUT2D eigenvalue weighted by molar-refractivity contribution is 0.590. The van der Waals surface area contributed by atoms with Gasteiger partial charge in [-0.15, -0.1) is 0 Å². The van der Waals surface area contributed by atoms with Crippen LogP contribution in [0.5, 0.6) is 0 Å². The third-order valence-corrected chi connectivity index (χ3v) is 12.1. The molecule has 0 N–H and O–H groups in total. The molecule has 0 radical (unpaired) electrons. The largest absolute Gasteiger partial charge is 0.245 e. The number of aromatic nitrogens is 2. The highest BCUT2D eigenvalue weighted by Gasteiger charge is 2.51. The Morgan fingerprint density at radius 3 is 1.59 bits per heavy atom. The lowest BCUT2D eigenvalue weighted by atomic mass is 9.70. The smallest absolute Gasteiger partial charge is 0.159 e. The molecule has 0 saturated carbocycles. The second kappa shape index (κ2) is 13.8. The Morgan fingerprint density at radius 1 is 0.534 bits per heavy atom. The number of benzene rings is 6. The molecule has 0 unspecified atom stereocenters. The van der Waals surface area contributed by atoms with E-state index in [1.165, 1.54) is 55.6 Å². The first-order valence-electron chi connectivity index (χ1n) is 20.1. The highest BCUT2D eigenvalue weighted by molar-refractivity contribution is 6.02. The average molecular weight is 753 g/mol. The summed E-state index contributed by atoms with van der Waals surface area (Å²) in [6.07, 6.45) is 5.85. The van der Waals surface area contributed by atoms with Crippen LogP contribution in [0.4, 0.5) is 0 Å². The van der Waals surface area contributed by atoms with E-state index in [0.29, 0.717) is 5.84 Å². The number of amidine groups is 1. The molecule has 2 aliphatic rings. The van der Waals surface area contributed by atoms with Crippen molar-refractivity contribution in [2.45, 2.75) is 64.7 Å². The summed E-state index contributed by atoms with van der Waals surface area (Å²) in [5.74, 6) is 1.33. The molecule has 1 aromatic heterocycles. The van der Waals surface area contributed by atoms with Crippen LogP contribution < -0.4 is 0 Å². The minimum absolute atomic E-state index is 0.0697. The van der Waals surface area contributed by atoms with Crippen LogP contribution in [-0.4, -0.2) is 22.5 Å². The van der Waals surface area contributed by atoms with Gasteiger partial charge >= 0.3 is 0 Å². The van der Waals surface area contributed by atoms with Gasteiger partial charge in [0.15, 0.2) is 11.7 Å². The summed E-state index contributed by atoms with van der Waals surface area (Å²) >= 11 is 0. The van der Waals surface area contributed by atoms with Gasteiger partial charge in [-0.1, -0.05) is 163 Å². The summed E-state index contributed by atoms with van der Waals surface area (Å²) in [5.41, 5.74) is 18.6. The Labute approximate surface area is 342 Å². The minimum atomic E-state index is -0.508. The monoisotopic (exact) mass is 752 g/mol. The Balaban J connectivity index is 1.14. The van der Waals surface area contributed by atoms with E-state index in [1.807, 2.05) is 18.6 Å². The summed E-state index contributed by atoms with van der Waals surface area (Å²) in [5, 5.41) is 0. The van der Waals surface area contributed by atoms with E-state index in [2.05, 4.69) is 194 Å². The summed E-state index contributed by atoms with van der Waals surface area (Å²) in [7, 11) is 0. The fourth-order valence-electron chi connectivity index (χ4n) is 8.87. The third-order valence-electron chi connectivity index (χ3n) is 12.1. The van der Waals surface area contributed by atoms with Crippen molar-refractivity contribution in [3.63, 3.8) is 0 Å². The Kier molecular flexibility index (Phi) is 8.85. The van der Waals surface area contributed by atoms with Crippen LogP contribution in [0, 0.1) is 0 Å². The van der Waals surface area contributed by atoms with E-state index in [1.54, 1.807) is 0 Å². The molecule has 284 valence electrons. The standard InChI is InChI=1S/C54H48N4/c1-34(31-56-50(55-8)35-17-23-40(24-18-35)52(2,3)4)37-21-27-44-45-28-22-38(39-32-57-51(58-33-39)36-19-25-41(26-20-36)53(5,6)7)30-49(45)54(48(44)29-37)46-15-11-9-13-42(46)43-14-10-12-16-47(43)54/h9-33H,8H2,1-7H3/b34-31+,56-50-. The number of hydrogen-bond acceptors (Lipinski definition) is 3. The average Bonchev–Trinajstić information content (AvgIpc) is 3.70. The Bertz CT molecular complexity index is 2740. The van der Waals surface area contributed by atoms with Gasteiger partial charge in [-0.2, -0.15) is 0 Å². The highest BCUT2D eigenvalue weighted by atomic mass is 14.9. The molecule has 0 atom stereocenters. The molecular formula is C54H48N4. The maximum absolute atomic E-state index is 4.87. The van der Waals surface area contributed by atoms with E-state index in [0.717, 1.165) is 39.2 Å². The lowest BCUT2D eigenvalue weighted by Crippen LogP contribution is -2.26. The van der Waals surface area contributed by atoms with Gasteiger partial charge in [-0.3, -0.25) is 0 Å². The summed E-state index contributed by atoms with van der Waals surface area (Å²) in [6.45, 7) is 19.3. The zero-order valence-corrected chi connectivity index (χ0v) is 34.4. The highest BCUT2D eigenvalue weighted by Crippen LogP contribution is 2.63. The molecule has 6 aromatic carbocycles. The Hall–Kier alpha value is -6.52. The summed E-state index contributed by atoms with van der Waals surface area (Å²) in [6, 6.07) is 48.7. The van der Waals surface area contributed by atoms with Crippen molar-refractivity contribution in [2.24, 2.45) is 9.98 Å². The van der Waals surface area contributed by atoms with Gasteiger partial charge in [-0.25, -0.2) is 20.0 Å². The van der Waals surface area contributed by atoms with E-state index in [-0.39, 0.29) is 10.8 Å². The van der Waals surface area contributed by atoms with Crippen molar-refractivity contribution in [3.05, 3.63) is 197 Å². The molecule has 58 heavy (non-hydrogen) atoms. The zero-order valence-electron chi connectivity index (χ0n) is 34.4. The molecule has 4 nitrogen and oxygen atoms in total. The van der Waals surface area contributed by atoms with Crippen LogP contribution in [-0.2, 0) is 16.2 Å². The van der Waals surface area contributed by atoms with Crippen molar-refractivity contribution in [1.29, 1.82) is 0 Å². The topological polar surface area (TPSA) is 50.5 Å². The van der Waals surface area contributed by atoms with Gasteiger partial charge < -0.3 is 0 Å². The molecule has 4 heteroatoms. The first-order chi connectivity index (χ1) is 27.9. The molecule has 9 rings (SSSR count). The maximum atomic E-state index is 4.87. The van der Waals surface area contributed by atoms with Gasteiger partial charge in [0.2, 0.25) is 0 Å². The number of hydrogen-bond donors (Lipinski definition) is 0. The summed E-state index contributed by atoms with van der Waals surface area (Å²) in [4.78, 5) is 18.9. The first-order valence-corrected chi connectivity index (χ1v) is 20.1. The van der Waals surface area contributed by atoms with Gasteiger partial charge in [0.25, 0.3) is 0 Å². The SMILES string of the molecule is C=N/C(=N\C=C(/C)c1ccc2c(c1)C1(c3ccccc3-c3ccccc31)c1cc(-c3cnc(-c4ccc(C(C)(C)C)cc4)nc3)ccc1-2)c1ccc(C(C)(C)C)cc1. The van der Waals surface area contributed by atoms with Crippen molar-refractivity contribution in [1.82, 2.24) is 9.97 Å². The lowest BCUT2D eigenvalue weighted by Gasteiger charge is -2.31. The third kappa shape index (κ3) is 6.06. The molecule has 1 spiro atoms. The molecule has 0 aliphatic heterocycles. The maximum Gasteiger partial charge on any atom is 0.159 e. The molecule has 2 aliphatic carbocycles. The second-order valence-corrected chi connectivity index (χ2v) is 17.7. The fraction of sp³-hybridized carbons (Fsp3) is 0.185.